The van der Waals surface area contributed by atoms with Crippen LogP contribution in [0.1, 0.15) is 10.4 Å². The first-order valence-electron chi connectivity index (χ1n) is 8.52. The first-order chi connectivity index (χ1) is 12.6. The van der Waals surface area contributed by atoms with Gasteiger partial charge in [-0.3, -0.25) is 9.69 Å². The third-order valence-corrected chi connectivity index (χ3v) is 5.41. The molecular weight excluding hydrogens is 344 g/mol. The van der Waals surface area contributed by atoms with E-state index in [0.29, 0.717) is 12.1 Å². The molecular formula is C20H20N4OS. The number of rotatable bonds is 5. The van der Waals surface area contributed by atoms with Gasteiger partial charge >= 0.3 is 0 Å². The van der Waals surface area contributed by atoms with Gasteiger partial charge in [0.1, 0.15) is 0 Å². The summed E-state index contributed by atoms with van der Waals surface area (Å²) in [5, 5.41) is 1.68. The van der Waals surface area contributed by atoms with Crippen molar-refractivity contribution in [2.75, 3.05) is 32.1 Å². The molecule has 0 bridgehead atoms. The number of aromatic nitrogens is 2. The number of H-pyrrole nitrogens is 1. The van der Waals surface area contributed by atoms with Crippen LogP contribution in [0.3, 0.4) is 0 Å². The average Bonchev–Trinajstić information content (AvgIpc) is 3.25. The van der Waals surface area contributed by atoms with Crippen molar-refractivity contribution < 1.29 is 4.79 Å². The van der Waals surface area contributed by atoms with E-state index in [-0.39, 0.29) is 5.91 Å². The number of hydrogen-bond donors (Lipinski definition) is 1. The van der Waals surface area contributed by atoms with Gasteiger partial charge in [-0.15, -0.1) is 0 Å². The number of amides is 1. The Morgan fingerprint density at radius 2 is 1.85 bits per heavy atom. The van der Waals surface area contributed by atoms with E-state index < -0.39 is 0 Å². The predicted molar refractivity (Wildman–Crippen MR) is 108 cm³/mol. The van der Waals surface area contributed by atoms with Crippen molar-refractivity contribution in [3.63, 3.8) is 0 Å². The summed E-state index contributed by atoms with van der Waals surface area (Å²) in [6.45, 7) is 1.36. The lowest BCUT2D eigenvalue weighted by molar-refractivity contribution is 0.0987. The van der Waals surface area contributed by atoms with E-state index in [4.69, 9.17) is 4.98 Å². The van der Waals surface area contributed by atoms with Gasteiger partial charge in [0.05, 0.1) is 15.8 Å². The third-order valence-electron chi connectivity index (χ3n) is 4.35. The van der Waals surface area contributed by atoms with Crippen molar-refractivity contribution >= 4 is 43.5 Å². The highest BCUT2D eigenvalue weighted by Gasteiger charge is 2.23. The minimum atomic E-state index is -0.0247. The molecule has 0 fully saturated rings. The van der Waals surface area contributed by atoms with Crippen LogP contribution in [-0.4, -0.2) is 48.0 Å². The van der Waals surface area contributed by atoms with E-state index in [0.717, 1.165) is 32.8 Å². The number of fused-ring (bicyclic) bond motifs is 2. The molecule has 4 rings (SSSR count). The number of carbonyl (C=O) groups excluding carboxylic acids is 1. The molecule has 132 valence electrons. The number of anilines is 1. The molecule has 1 N–H and O–H groups in total. The molecule has 1 amide bonds. The molecule has 0 spiro atoms. The zero-order valence-corrected chi connectivity index (χ0v) is 15.6. The number of nitrogens with zero attached hydrogens (tertiary/aromatic N) is 3. The SMILES string of the molecule is CN(C)CCN(C(=O)c1c[nH]c2ccccc12)c1nc2ccccc2s1. The van der Waals surface area contributed by atoms with Crippen LogP contribution in [0.5, 0.6) is 0 Å². The normalized spacial score (nSPS) is 11.5. The summed E-state index contributed by atoms with van der Waals surface area (Å²) in [5.41, 5.74) is 2.57. The molecule has 0 aliphatic carbocycles. The number of benzene rings is 2. The quantitative estimate of drug-likeness (QED) is 0.583. The molecule has 0 saturated heterocycles. The molecule has 0 aliphatic heterocycles. The van der Waals surface area contributed by atoms with Gasteiger partial charge in [-0.05, 0) is 32.3 Å². The Balaban J connectivity index is 1.75. The lowest BCUT2D eigenvalue weighted by Gasteiger charge is -2.21. The minimum absolute atomic E-state index is 0.0247. The van der Waals surface area contributed by atoms with Crippen LogP contribution in [0.2, 0.25) is 0 Å². The van der Waals surface area contributed by atoms with E-state index in [1.54, 1.807) is 22.4 Å². The second-order valence-electron chi connectivity index (χ2n) is 6.47. The maximum atomic E-state index is 13.4. The number of aromatic amines is 1. The number of nitrogens with one attached hydrogen (secondary N) is 1. The molecule has 2 heterocycles. The Morgan fingerprint density at radius 3 is 2.65 bits per heavy atom. The highest BCUT2D eigenvalue weighted by Crippen LogP contribution is 2.30. The Morgan fingerprint density at radius 1 is 1.08 bits per heavy atom. The first-order valence-corrected chi connectivity index (χ1v) is 9.33. The molecule has 0 atom stereocenters. The molecule has 0 unspecified atom stereocenters. The van der Waals surface area contributed by atoms with E-state index in [2.05, 4.69) is 9.88 Å². The van der Waals surface area contributed by atoms with Crippen LogP contribution in [0.25, 0.3) is 21.1 Å². The number of likely N-dealkylation sites (N-methyl/N-ethyl adjacent to an activating group) is 1. The van der Waals surface area contributed by atoms with Crippen LogP contribution < -0.4 is 4.90 Å². The van der Waals surface area contributed by atoms with Crippen molar-refractivity contribution in [1.29, 1.82) is 0 Å². The number of hydrogen-bond acceptors (Lipinski definition) is 4. The van der Waals surface area contributed by atoms with Gasteiger partial charge in [-0.1, -0.05) is 41.7 Å². The lowest BCUT2D eigenvalue weighted by Crippen LogP contribution is -2.36. The summed E-state index contributed by atoms with van der Waals surface area (Å²) in [4.78, 5) is 25.1. The predicted octanol–water partition coefficient (Wildman–Crippen LogP) is 3.99. The average molecular weight is 364 g/mol. The van der Waals surface area contributed by atoms with Gasteiger partial charge in [-0.2, -0.15) is 0 Å². The van der Waals surface area contributed by atoms with Gasteiger partial charge in [0.25, 0.3) is 5.91 Å². The Hall–Kier alpha value is -2.70. The lowest BCUT2D eigenvalue weighted by atomic mass is 10.1. The molecule has 5 nitrogen and oxygen atoms in total. The van der Waals surface area contributed by atoms with Gasteiger partial charge in [0.2, 0.25) is 0 Å². The van der Waals surface area contributed by atoms with Crippen LogP contribution in [0, 0.1) is 0 Å². The van der Waals surface area contributed by atoms with Crippen molar-refractivity contribution in [2.24, 2.45) is 0 Å². The summed E-state index contributed by atoms with van der Waals surface area (Å²) < 4.78 is 1.09. The molecule has 2 aromatic heterocycles. The minimum Gasteiger partial charge on any atom is -0.360 e. The Bertz CT molecular complexity index is 1030. The van der Waals surface area contributed by atoms with Gasteiger partial charge in [0.15, 0.2) is 5.13 Å². The van der Waals surface area contributed by atoms with E-state index in [1.165, 1.54) is 0 Å². The Labute approximate surface area is 155 Å². The first kappa shape index (κ1) is 16.8. The fourth-order valence-electron chi connectivity index (χ4n) is 2.95. The summed E-state index contributed by atoms with van der Waals surface area (Å²) in [6.07, 6.45) is 1.79. The second kappa shape index (κ2) is 6.90. The van der Waals surface area contributed by atoms with Crippen molar-refractivity contribution in [2.45, 2.75) is 0 Å². The molecule has 0 radical (unpaired) electrons. The largest absolute Gasteiger partial charge is 0.360 e. The van der Waals surface area contributed by atoms with Gasteiger partial charge in [0, 0.05) is 30.2 Å². The van der Waals surface area contributed by atoms with Gasteiger partial charge in [-0.25, -0.2) is 4.98 Å². The van der Waals surface area contributed by atoms with Crippen LogP contribution in [0.15, 0.2) is 54.7 Å². The maximum absolute atomic E-state index is 13.4. The van der Waals surface area contributed by atoms with Crippen LogP contribution >= 0.6 is 11.3 Å². The zero-order chi connectivity index (χ0) is 18.1. The maximum Gasteiger partial charge on any atom is 0.262 e. The summed E-state index contributed by atoms with van der Waals surface area (Å²) >= 11 is 1.55. The molecule has 6 heteroatoms. The molecule has 26 heavy (non-hydrogen) atoms. The number of thiazole rings is 1. The van der Waals surface area contributed by atoms with Crippen molar-refractivity contribution in [1.82, 2.24) is 14.9 Å². The third kappa shape index (κ3) is 3.09. The molecule has 2 aromatic carbocycles. The van der Waals surface area contributed by atoms with Crippen LogP contribution in [-0.2, 0) is 0 Å². The fourth-order valence-corrected chi connectivity index (χ4v) is 3.94. The van der Waals surface area contributed by atoms with E-state index in [9.17, 15) is 4.79 Å². The van der Waals surface area contributed by atoms with Crippen LogP contribution in [0.4, 0.5) is 5.13 Å². The smallest absolute Gasteiger partial charge is 0.262 e. The molecule has 0 aliphatic rings. The Kier molecular flexibility index (Phi) is 4.44. The highest BCUT2D eigenvalue weighted by molar-refractivity contribution is 7.22. The second-order valence-corrected chi connectivity index (χ2v) is 7.48. The number of carbonyl (C=O) groups is 1. The summed E-state index contributed by atoms with van der Waals surface area (Å²) in [5.74, 6) is -0.0247. The van der Waals surface area contributed by atoms with Gasteiger partial charge < -0.3 is 9.88 Å². The monoisotopic (exact) mass is 364 g/mol. The summed E-state index contributed by atoms with van der Waals surface area (Å²) in [6, 6.07) is 15.9. The topological polar surface area (TPSA) is 52.2 Å². The highest BCUT2D eigenvalue weighted by atomic mass is 32.1. The number of para-hydroxylation sites is 2. The summed E-state index contributed by atoms with van der Waals surface area (Å²) in [7, 11) is 4.01. The molecule has 0 saturated carbocycles. The molecule has 4 aromatic rings. The standard InChI is InChI=1S/C20H20N4OS/c1-23(2)11-12-24(20-22-17-9-5-6-10-18(17)26-20)19(25)15-13-21-16-8-4-3-7-14(15)16/h3-10,13,21H,11-12H2,1-2H3. The van der Waals surface area contributed by atoms with E-state index >= 15 is 0 Å². The van der Waals surface area contributed by atoms with Crippen molar-refractivity contribution in [3.8, 4) is 0 Å². The van der Waals surface area contributed by atoms with Crippen molar-refractivity contribution in [3.05, 3.63) is 60.3 Å². The van der Waals surface area contributed by atoms with E-state index in [1.807, 2.05) is 62.6 Å². The fraction of sp³-hybridized carbons (Fsp3) is 0.200. The zero-order valence-electron chi connectivity index (χ0n) is 14.8.